The first-order valence-corrected chi connectivity index (χ1v) is 8.05. The number of benzene rings is 2. The van der Waals surface area contributed by atoms with E-state index in [4.69, 9.17) is 0 Å². The Morgan fingerprint density at radius 2 is 1.64 bits per heavy atom. The summed E-state index contributed by atoms with van der Waals surface area (Å²) in [6, 6.07) is 12.3. The molecule has 1 atom stereocenters. The summed E-state index contributed by atoms with van der Waals surface area (Å²) in [5, 5.41) is 5.49. The number of rotatable bonds is 7. The van der Waals surface area contributed by atoms with E-state index in [9.17, 15) is 18.4 Å². The van der Waals surface area contributed by atoms with Crippen LogP contribution in [0.1, 0.15) is 35.2 Å². The van der Waals surface area contributed by atoms with Crippen LogP contribution in [-0.2, 0) is 4.79 Å². The number of carbonyl (C=O) groups excluding carboxylic acids is 2. The van der Waals surface area contributed by atoms with E-state index < -0.39 is 17.6 Å². The van der Waals surface area contributed by atoms with Crippen LogP contribution in [0.15, 0.2) is 48.5 Å². The lowest BCUT2D eigenvalue weighted by Gasteiger charge is -2.13. The lowest BCUT2D eigenvalue weighted by atomic mass is 10.00. The fourth-order valence-electron chi connectivity index (χ4n) is 2.28. The van der Waals surface area contributed by atoms with E-state index in [0.717, 1.165) is 12.1 Å². The summed E-state index contributed by atoms with van der Waals surface area (Å²) in [5.74, 6) is -2.94. The average Bonchev–Trinajstić information content (AvgIpc) is 2.63. The predicted molar refractivity (Wildman–Crippen MR) is 91.2 cm³/mol. The van der Waals surface area contributed by atoms with Crippen molar-refractivity contribution in [3.8, 4) is 0 Å². The Morgan fingerprint density at radius 1 is 0.960 bits per heavy atom. The standard InChI is InChI=1S/C19H20F2N2O2/c1-13(15-8-9-16(20)17(21)12-15)18(24)22-10-5-11-23-19(25)14-6-3-2-4-7-14/h2-4,6-9,12-13H,5,10-11H2,1H3,(H,22,24)(H,23,25)/t13-/m1/s1. The molecule has 0 aromatic heterocycles. The van der Waals surface area contributed by atoms with Crippen LogP contribution in [0, 0.1) is 11.6 Å². The van der Waals surface area contributed by atoms with Gasteiger partial charge in [-0.25, -0.2) is 8.78 Å². The van der Waals surface area contributed by atoms with Crippen molar-refractivity contribution >= 4 is 11.8 Å². The molecule has 2 N–H and O–H groups in total. The molecule has 0 unspecified atom stereocenters. The highest BCUT2D eigenvalue weighted by atomic mass is 19.2. The molecule has 0 bridgehead atoms. The molecule has 2 aromatic carbocycles. The van der Waals surface area contributed by atoms with Gasteiger partial charge in [0.15, 0.2) is 11.6 Å². The van der Waals surface area contributed by atoms with Gasteiger partial charge in [0.1, 0.15) is 0 Å². The second-order valence-electron chi connectivity index (χ2n) is 5.66. The molecule has 0 aliphatic carbocycles. The highest BCUT2D eigenvalue weighted by molar-refractivity contribution is 5.94. The summed E-state index contributed by atoms with van der Waals surface area (Å²) in [6.07, 6.45) is 0.564. The zero-order valence-corrected chi connectivity index (χ0v) is 13.9. The Bertz CT molecular complexity index is 735. The fourth-order valence-corrected chi connectivity index (χ4v) is 2.28. The van der Waals surface area contributed by atoms with Gasteiger partial charge in [-0.15, -0.1) is 0 Å². The maximum absolute atomic E-state index is 13.2. The molecule has 25 heavy (non-hydrogen) atoms. The fraction of sp³-hybridized carbons (Fsp3) is 0.263. The zero-order valence-electron chi connectivity index (χ0n) is 13.9. The van der Waals surface area contributed by atoms with Crippen LogP contribution in [0.5, 0.6) is 0 Å². The van der Waals surface area contributed by atoms with E-state index >= 15 is 0 Å². The molecule has 0 radical (unpaired) electrons. The van der Waals surface area contributed by atoms with Crippen molar-refractivity contribution in [3.05, 3.63) is 71.3 Å². The molecule has 2 amide bonds. The molecule has 0 heterocycles. The van der Waals surface area contributed by atoms with Crippen LogP contribution < -0.4 is 10.6 Å². The molecule has 132 valence electrons. The van der Waals surface area contributed by atoms with E-state index in [-0.39, 0.29) is 11.8 Å². The Morgan fingerprint density at radius 3 is 2.32 bits per heavy atom. The first-order chi connectivity index (χ1) is 12.0. The number of hydrogen-bond acceptors (Lipinski definition) is 2. The summed E-state index contributed by atoms with van der Waals surface area (Å²) >= 11 is 0. The molecule has 6 heteroatoms. The number of halogens is 2. The van der Waals surface area contributed by atoms with Crippen molar-refractivity contribution in [2.45, 2.75) is 19.3 Å². The van der Waals surface area contributed by atoms with Gasteiger partial charge in [0.25, 0.3) is 5.91 Å². The molecular weight excluding hydrogens is 326 g/mol. The summed E-state index contributed by atoms with van der Waals surface area (Å²) in [7, 11) is 0. The summed E-state index contributed by atoms with van der Waals surface area (Å²) in [5.41, 5.74) is 0.993. The van der Waals surface area contributed by atoms with Crippen molar-refractivity contribution in [3.63, 3.8) is 0 Å². The third-order valence-electron chi connectivity index (χ3n) is 3.81. The lowest BCUT2D eigenvalue weighted by Crippen LogP contribution is -2.32. The number of nitrogens with one attached hydrogen (secondary N) is 2. The quantitative estimate of drug-likeness (QED) is 0.757. The Balaban J connectivity index is 1.71. The van der Waals surface area contributed by atoms with Gasteiger partial charge < -0.3 is 10.6 Å². The van der Waals surface area contributed by atoms with Crippen molar-refractivity contribution in [1.29, 1.82) is 0 Å². The van der Waals surface area contributed by atoms with Gasteiger partial charge in [0, 0.05) is 18.7 Å². The van der Waals surface area contributed by atoms with Gasteiger partial charge in [-0.3, -0.25) is 9.59 Å². The van der Waals surface area contributed by atoms with E-state index in [2.05, 4.69) is 10.6 Å². The van der Waals surface area contributed by atoms with Gasteiger partial charge in [-0.2, -0.15) is 0 Å². The van der Waals surface area contributed by atoms with Gasteiger partial charge in [0.2, 0.25) is 5.91 Å². The normalized spacial score (nSPS) is 11.6. The van der Waals surface area contributed by atoms with Gasteiger partial charge in [0.05, 0.1) is 5.92 Å². The highest BCUT2D eigenvalue weighted by Gasteiger charge is 2.16. The maximum atomic E-state index is 13.2. The van der Waals surface area contributed by atoms with Crippen molar-refractivity contribution in [1.82, 2.24) is 10.6 Å². The summed E-state index contributed by atoms with van der Waals surface area (Å²) in [6.45, 7) is 2.43. The molecular formula is C19H20F2N2O2. The topological polar surface area (TPSA) is 58.2 Å². The zero-order chi connectivity index (χ0) is 18.2. The van der Waals surface area contributed by atoms with Crippen LogP contribution in [0.3, 0.4) is 0 Å². The number of hydrogen-bond donors (Lipinski definition) is 2. The minimum Gasteiger partial charge on any atom is -0.356 e. The molecule has 0 saturated heterocycles. The Labute approximate surface area is 145 Å². The van der Waals surface area contributed by atoms with E-state index in [1.165, 1.54) is 6.07 Å². The minimum atomic E-state index is -0.972. The van der Waals surface area contributed by atoms with Crippen molar-refractivity contribution in [2.75, 3.05) is 13.1 Å². The largest absolute Gasteiger partial charge is 0.356 e. The second kappa shape index (κ2) is 8.92. The number of amides is 2. The molecule has 0 aliphatic heterocycles. The van der Waals surface area contributed by atoms with Gasteiger partial charge in [-0.1, -0.05) is 24.3 Å². The summed E-state index contributed by atoms with van der Waals surface area (Å²) < 4.78 is 26.2. The van der Waals surface area contributed by atoms with E-state index in [1.807, 2.05) is 6.07 Å². The minimum absolute atomic E-state index is 0.165. The first-order valence-electron chi connectivity index (χ1n) is 8.05. The van der Waals surface area contributed by atoms with Gasteiger partial charge >= 0.3 is 0 Å². The van der Waals surface area contributed by atoms with Crippen molar-refractivity contribution < 1.29 is 18.4 Å². The summed E-state index contributed by atoms with van der Waals surface area (Å²) in [4.78, 5) is 23.9. The molecule has 0 saturated carbocycles. The first kappa shape index (κ1) is 18.6. The van der Waals surface area contributed by atoms with E-state index in [0.29, 0.717) is 30.6 Å². The van der Waals surface area contributed by atoms with Crippen LogP contribution in [0.4, 0.5) is 8.78 Å². The van der Waals surface area contributed by atoms with Gasteiger partial charge in [-0.05, 0) is 43.2 Å². The van der Waals surface area contributed by atoms with Crippen LogP contribution in [0.2, 0.25) is 0 Å². The monoisotopic (exact) mass is 346 g/mol. The molecule has 0 aliphatic rings. The smallest absolute Gasteiger partial charge is 0.251 e. The Hall–Kier alpha value is -2.76. The molecule has 2 rings (SSSR count). The van der Waals surface area contributed by atoms with Crippen LogP contribution >= 0.6 is 0 Å². The maximum Gasteiger partial charge on any atom is 0.251 e. The third-order valence-corrected chi connectivity index (χ3v) is 3.81. The number of carbonyl (C=O) groups is 2. The predicted octanol–water partition coefficient (Wildman–Crippen LogP) is 3.00. The van der Waals surface area contributed by atoms with Crippen LogP contribution in [-0.4, -0.2) is 24.9 Å². The molecule has 0 fully saturated rings. The Kier molecular flexibility index (Phi) is 6.62. The second-order valence-corrected chi connectivity index (χ2v) is 5.66. The molecule has 2 aromatic rings. The van der Waals surface area contributed by atoms with Crippen LogP contribution in [0.25, 0.3) is 0 Å². The van der Waals surface area contributed by atoms with E-state index in [1.54, 1.807) is 31.2 Å². The average molecular weight is 346 g/mol. The third kappa shape index (κ3) is 5.38. The molecule has 4 nitrogen and oxygen atoms in total. The van der Waals surface area contributed by atoms with Crippen molar-refractivity contribution in [2.24, 2.45) is 0 Å². The SMILES string of the molecule is C[C@@H](C(=O)NCCCNC(=O)c1ccccc1)c1ccc(F)c(F)c1. The lowest BCUT2D eigenvalue weighted by molar-refractivity contribution is -0.122. The molecule has 0 spiro atoms. The highest BCUT2D eigenvalue weighted by Crippen LogP contribution is 2.18.